The zero-order valence-corrected chi connectivity index (χ0v) is 10.1. The first kappa shape index (κ1) is 12.4. The van der Waals surface area contributed by atoms with E-state index < -0.39 is 0 Å². The lowest BCUT2D eigenvalue weighted by atomic mass is 10.1. The van der Waals surface area contributed by atoms with Gasteiger partial charge < -0.3 is 14.8 Å². The van der Waals surface area contributed by atoms with Crippen LogP contribution in [0, 0.1) is 6.92 Å². The highest BCUT2D eigenvalue weighted by Crippen LogP contribution is 2.30. The Hall–Kier alpha value is -1.71. The third-order valence-electron chi connectivity index (χ3n) is 2.37. The molecule has 0 saturated heterocycles. The van der Waals surface area contributed by atoms with E-state index in [9.17, 15) is 4.79 Å². The first-order valence-corrected chi connectivity index (χ1v) is 5.04. The van der Waals surface area contributed by atoms with Crippen LogP contribution in [0.2, 0.25) is 0 Å². The second-order valence-electron chi connectivity index (χ2n) is 3.54. The number of nitrogens with one attached hydrogen (secondary N) is 1. The Bertz CT molecular complexity index is 388. The van der Waals surface area contributed by atoms with E-state index in [1.807, 2.05) is 19.1 Å². The topological polar surface area (TPSA) is 47.6 Å². The Kier molecular flexibility index (Phi) is 4.17. The SMILES string of the molecule is COc1cc(C)c(CNC(C)=O)cc1OC. The summed E-state index contributed by atoms with van der Waals surface area (Å²) < 4.78 is 10.4. The van der Waals surface area contributed by atoms with Gasteiger partial charge >= 0.3 is 0 Å². The predicted octanol–water partition coefficient (Wildman–Crippen LogP) is 1.65. The average Bonchev–Trinajstić information content (AvgIpc) is 2.26. The number of hydrogen-bond donors (Lipinski definition) is 1. The number of rotatable bonds is 4. The summed E-state index contributed by atoms with van der Waals surface area (Å²) in [7, 11) is 3.19. The van der Waals surface area contributed by atoms with Crippen molar-refractivity contribution in [1.29, 1.82) is 0 Å². The van der Waals surface area contributed by atoms with Gasteiger partial charge in [0.05, 0.1) is 14.2 Å². The van der Waals surface area contributed by atoms with Gasteiger partial charge in [-0.2, -0.15) is 0 Å². The molecule has 0 unspecified atom stereocenters. The second-order valence-corrected chi connectivity index (χ2v) is 3.54. The fourth-order valence-electron chi connectivity index (χ4n) is 1.43. The maximum Gasteiger partial charge on any atom is 0.217 e. The molecule has 1 aromatic carbocycles. The van der Waals surface area contributed by atoms with E-state index in [4.69, 9.17) is 9.47 Å². The minimum Gasteiger partial charge on any atom is -0.493 e. The van der Waals surface area contributed by atoms with Crippen LogP contribution in [-0.4, -0.2) is 20.1 Å². The smallest absolute Gasteiger partial charge is 0.217 e. The minimum atomic E-state index is -0.0471. The summed E-state index contributed by atoms with van der Waals surface area (Å²) in [6.07, 6.45) is 0. The molecule has 0 aliphatic carbocycles. The number of ether oxygens (including phenoxy) is 2. The number of carbonyl (C=O) groups excluding carboxylic acids is 1. The van der Waals surface area contributed by atoms with Gasteiger partial charge in [0, 0.05) is 13.5 Å². The quantitative estimate of drug-likeness (QED) is 0.844. The van der Waals surface area contributed by atoms with Crippen molar-refractivity contribution in [2.24, 2.45) is 0 Å². The molecular formula is C12H17NO3. The molecule has 0 aromatic heterocycles. The highest BCUT2D eigenvalue weighted by Gasteiger charge is 2.08. The molecule has 1 rings (SSSR count). The van der Waals surface area contributed by atoms with Crippen molar-refractivity contribution < 1.29 is 14.3 Å². The van der Waals surface area contributed by atoms with Gasteiger partial charge in [-0.15, -0.1) is 0 Å². The summed E-state index contributed by atoms with van der Waals surface area (Å²) in [5, 5.41) is 2.76. The van der Waals surface area contributed by atoms with Gasteiger partial charge in [0.15, 0.2) is 11.5 Å². The summed E-state index contributed by atoms with van der Waals surface area (Å²) in [6, 6.07) is 3.78. The van der Waals surface area contributed by atoms with Gasteiger partial charge in [-0.05, 0) is 30.2 Å². The number of amides is 1. The molecule has 1 aromatic rings. The molecule has 4 heteroatoms. The van der Waals surface area contributed by atoms with Crippen LogP contribution in [0.25, 0.3) is 0 Å². The Labute approximate surface area is 95.6 Å². The first-order chi connectivity index (χ1) is 7.58. The molecule has 0 radical (unpaired) electrons. The lowest BCUT2D eigenvalue weighted by Crippen LogP contribution is -2.19. The van der Waals surface area contributed by atoms with E-state index in [0.29, 0.717) is 18.0 Å². The number of methoxy groups -OCH3 is 2. The van der Waals surface area contributed by atoms with Crippen LogP contribution in [0.4, 0.5) is 0 Å². The van der Waals surface area contributed by atoms with Crippen LogP contribution in [-0.2, 0) is 11.3 Å². The summed E-state index contributed by atoms with van der Waals surface area (Å²) >= 11 is 0. The van der Waals surface area contributed by atoms with Gasteiger partial charge in [-0.25, -0.2) is 0 Å². The molecule has 0 atom stereocenters. The lowest BCUT2D eigenvalue weighted by molar-refractivity contribution is -0.119. The van der Waals surface area contributed by atoms with Crippen LogP contribution >= 0.6 is 0 Å². The molecule has 88 valence electrons. The lowest BCUT2D eigenvalue weighted by Gasteiger charge is -2.12. The van der Waals surface area contributed by atoms with Crippen molar-refractivity contribution >= 4 is 5.91 Å². The normalized spacial score (nSPS) is 9.75. The van der Waals surface area contributed by atoms with E-state index >= 15 is 0 Å². The highest BCUT2D eigenvalue weighted by molar-refractivity contribution is 5.72. The second kappa shape index (κ2) is 5.39. The molecule has 0 spiro atoms. The fourth-order valence-corrected chi connectivity index (χ4v) is 1.43. The first-order valence-electron chi connectivity index (χ1n) is 5.04. The molecule has 16 heavy (non-hydrogen) atoms. The van der Waals surface area contributed by atoms with E-state index in [1.54, 1.807) is 14.2 Å². The van der Waals surface area contributed by atoms with Crippen LogP contribution in [0.5, 0.6) is 11.5 Å². The van der Waals surface area contributed by atoms with Crippen molar-refractivity contribution in [3.8, 4) is 11.5 Å². The van der Waals surface area contributed by atoms with Crippen molar-refractivity contribution in [2.45, 2.75) is 20.4 Å². The minimum absolute atomic E-state index is 0.0471. The van der Waals surface area contributed by atoms with E-state index in [2.05, 4.69) is 5.32 Å². The third-order valence-corrected chi connectivity index (χ3v) is 2.37. The molecule has 0 bridgehead atoms. The van der Waals surface area contributed by atoms with Gasteiger partial charge in [0.1, 0.15) is 0 Å². The number of hydrogen-bond acceptors (Lipinski definition) is 3. The monoisotopic (exact) mass is 223 g/mol. The molecule has 0 saturated carbocycles. The Morgan fingerprint density at radius 1 is 1.25 bits per heavy atom. The Balaban J connectivity index is 2.96. The summed E-state index contributed by atoms with van der Waals surface area (Å²) in [4.78, 5) is 10.8. The Morgan fingerprint density at radius 2 is 1.81 bits per heavy atom. The van der Waals surface area contributed by atoms with Crippen molar-refractivity contribution in [3.63, 3.8) is 0 Å². The molecular weight excluding hydrogens is 206 g/mol. The molecule has 1 N–H and O–H groups in total. The molecule has 0 aliphatic rings. The van der Waals surface area contributed by atoms with Gasteiger partial charge in [-0.3, -0.25) is 4.79 Å². The summed E-state index contributed by atoms with van der Waals surface area (Å²) in [5.74, 6) is 1.33. The maximum absolute atomic E-state index is 10.8. The van der Waals surface area contributed by atoms with Crippen LogP contribution in [0.15, 0.2) is 12.1 Å². The molecule has 0 heterocycles. The highest BCUT2D eigenvalue weighted by atomic mass is 16.5. The van der Waals surface area contributed by atoms with E-state index in [1.165, 1.54) is 6.92 Å². The molecule has 4 nitrogen and oxygen atoms in total. The van der Waals surface area contributed by atoms with E-state index in [0.717, 1.165) is 11.1 Å². The maximum atomic E-state index is 10.8. The largest absolute Gasteiger partial charge is 0.493 e. The van der Waals surface area contributed by atoms with E-state index in [-0.39, 0.29) is 5.91 Å². The van der Waals surface area contributed by atoms with Crippen molar-refractivity contribution in [3.05, 3.63) is 23.3 Å². The predicted molar refractivity (Wildman–Crippen MR) is 61.8 cm³/mol. The Morgan fingerprint density at radius 3 is 2.31 bits per heavy atom. The van der Waals surface area contributed by atoms with Gasteiger partial charge in [0.25, 0.3) is 0 Å². The average molecular weight is 223 g/mol. The number of aryl methyl sites for hydroxylation is 1. The van der Waals surface area contributed by atoms with Crippen LogP contribution < -0.4 is 14.8 Å². The zero-order chi connectivity index (χ0) is 12.1. The summed E-state index contributed by atoms with van der Waals surface area (Å²) in [5.41, 5.74) is 2.08. The zero-order valence-electron chi connectivity index (χ0n) is 10.1. The van der Waals surface area contributed by atoms with Crippen molar-refractivity contribution in [1.82, 2.24) is 5.32 Å². The number of benzene rings is 1. The summed E-state index contributed by atoms with van der Waals surface area (Å²) in [6.45, 7) is 3.97. The molecule has 0 fully saturated rings. The molecule has 0 aliphatic heterocycles. The van der Waals surface area contributed by atoms with Crippen LogP contribution in [0.1, 0.15) is 18.1 Å². The van der Waals surface area contributed by atoms with Crippen molar-refractivity contribution in [2.75, 3.05) is 14.2 Å². The van der Waals surface area contributed by atoms with Gasteiger partial charge in [-0.1, -0.05) is 0 Å². The van der Waals surface area contributed by atoms with Gasteiger partial charge in [0.2, 0.25) is 5.91 Å². The standard InChI is InChI=1S/C12H17NO3/c1-8-5-11(15-3)12(16-4)6-10(8)7-13-9(2)14/h5-6H,7H2,1-4H3,(H,13,14). The molecule has 1 amide bonds. The third kappa shape index (κ3) is 2.89. The van der Waals surface area contributed by atoms with Crippen LogP contribution in [0.3, 0.4) is 0 Å². The number of carbonyl (C=O) groups is 1. The fraction of sp³-hybridized carbons (Fsp3) is 0.417.